The number of amides is 1. The number of nitrogens with one attached hydrogen (secondary N) is 1. The van der Waals surface area contributed by atoms with Crippen molar-refractivity contribution in [2.24, 2.45) is 0 Å². The Kier molecular flexibility index (Phi) is 3.88. The monoisotopic (exact) mass is 270 g/mol. The molecule has 0 aromatic heterocycles. The van der Waals surface area contributed by atoms with Gasteiger partial charge in [0.15, 0.2) is 0 Å². The van der Waals surface area contributed by atoms with E-state index in [1.54, 1.807) is 6.08 Å². The van der Waals surface area contributed by atoms with Gasteiger partial charge in [-0.2, -0.15) is 0 Å². The first-order chi connectivity index (χ1) is 9.72. The fraction of sp³-hybridized carbons (Fsp3) is 0.471. The molecular formula is C17H22N2O. The third-order valence-electron chi connectivity index (χ3n) is 4.67. The molecule has 1 N–H and O–H groups in total. The zero-order valence-electron chi connectivity index (χ0n) is 12.0. The van der Waals surface area contributed by atoms with Gasteiger partial charge in [0.25, 0.3) is 0 Å². The van der Waals surface area contributed by atoms with E-state index < -0.39 is 0 Å². The Bertz CT molecular complexity index is 483. The van der Waals surface area contributed by atoms with E-state index in [9.17, 15) is 4.79 Å². The number of carbonyl (C=O) groups excluding carboxylic acids is 1. The van der Waals surface area contributed by atoms with Crippen molar-refractivity contribution in [3.8, 4) is 0 Å². The summed E-state index contributed by atoms with van der Waals surface area (Å²) >= 11 is 0. The Hall–Kier alpha value is -1.61. The van der Waals surface area contributed by atoms with Crippen molar-refractivity contribution >= 4 is 12.0 Å². The number of hydrogen-bond acceptors (Lipinski definition) is 2. The van der Waals surface area contributed by atoms with Crippen LogP contribution in [0.3, 0.4) is 0 Å². The zero-order valence-corrected chi connectivity index (χ0v) is 12.0. The lowest BCUT2D eigenvalue weighted by Crippen LogP contribution is -2.48. The molecule has 20 heavy (non-hydrogen) atoms. The summed E-state index contributed by atoms with van der Waals surface area (Å²) in [7, 11) is 2.22. The number of benzene rings is 1. The van der Waals surface area contributed by atoms with Gasteiger partial charge in [-0.15, -0.1) is 0 Å². The van der Waals surface area contributed by atoms with E-state index in [-0.39, 0.29) is 5.91 Å². The molecule has 1 aromatic rings. The van der Waals surface area contributed by atoms with Crippen LogP contribution in [0, 0.1) is 0 Å². The average Bonchev–Trinajstić information content (AvgIpc) is 2.68. The maximum Gasteiger partial charge on any atom is 0.244 e. The van der Waals surface area contributed by atoms with Crippen molar-refractivity contribution < 1.29 is 4.79 Å². The molecule has 0 radical (unpaired) electrons. The van der Waals surface area contributed by atoms with Gasteiger partial charge >= 0.3 is 0 Å². The van der Waals surface area contributed by atoms with Crippen molar-refractivity contribution in [1.29, 1.82) is 0 Å². The molecule has 0 saturated carbocycles. The van der Waals surface area contributed by atoms with Crippen LogP contribution in [0.4, 0.5) is 0 Å². The Morgan fingerprint density at radius 3 is 2.50 bits per heavy atom. The van der Waals surface area contributed by atoms with Crippen LogP contribution in [-0.2, 0) is 4.79 Å². The normalized spacial score (nSPS) is 29.8. The van der Waals surface area contributed by atoms with Gasteiger partial charge < -0.3 is 10.2 Å². The van der Waals surface area contributed by atoms with Crippen molar-refractivity contribution in [2.75, 3.05) is 7.05 Å². The predicted molar refractivity (Wildman–Crippen MR) is 81.2 cm³/mol. The molecule has 2 heterocycles. The molecule has 2 aliphatic rings. The van der Waals surface area contributed by atoms with E-state index in [0.717, 1.165) is 18.4 Å². The minimum atomic E-state index is 0.0304. The van der Waals surface area contributed by atoms with Crippen molar-refractivity contribution in [3.63, 3.8) is 0 Å². The van der Waals surface area contributed by atoms with Gasteiger partial charge in [-0.3, -0.25) is 4.79 Å². The van der Waals surface area contributed by atoms with E-state index in [4.69, 9.17) is 0 Å². The van der Waals surface area contributed by atoms with Gasteiger partial charge in [0.2, 0.25) is 5.91 Å². The molecule has 3 heteroatoms. The third kappa shape index (κ3) is 2.93. The molecule has 3 rings (SSSR count). The quantitative estimate of drug-likeness (QED) is 0.856. The summed E-state index contributed by atoms with van der Waals surface area (Å²) in [4.78, 5) is 14.5. The van der Waals surface area contributed by atoms with Gasteiger partial charge in [0.05, 0.1) is 0 Å². The fourth-order valence-electron chi connectivity index (χ4n) is 3.51. The predicted octanol–water partition coefficient (Wildman–Crippen LogP) is 2.44. The molecule has 2 unspecified atom stereocenters. The largest absolute Gasteiger partial charge is 0.350 e. The van der Waals surface area contributed by atoms with Crippen molar-refractivity contribution in [3.05, 3.63) is 42.0 Å². The van der Waals surface area contributed by atoms with Gasteiger partial charge in [-0.25, -0.2) is 0 Å². The van der Waals surface area contributed by atoms with Crippen LogP contribution in [0.15, 0.2) is 36.4 Å². The van der Waals surface area contributed by atoms with E-state index in [0.29, 0.717) is 18.1 Å². The molecule has 106 valence electrons. The van der Waals surface area contributed by atoms with Gasteiger partial charge in [0.1, 0.15) is 0 Å². The summed E-state index contributed by atoms with van der Waals surface area (Å²) < 4.78 is 0. The molecule has 1 amide bonds. The van der Waals surface area contributed by atoms with Gasteiger partial charge in [-0.1, -0.05) is 30.3 Å². The minimum Gasteiger partial charge on any atom is -0.350 e. The number of carbonyl (C=O) groups is 1. The first-order valence-electron chi connectivity index (χ1n) is 7.48. The van der Waals surface area contributed by atoms with Crippen LogP contribution >= 0.6 is 0 Å². The molecule has 3 nitrogen and oxygen atoms in total. The van der Waals surface area contributed by atoms with E-state index in [2.05, 4.69) is 17.3 Å². The maximum absolute atomic E-state index is 12.0. The SMILES string of the molecule is CN1C2CCC1CC(NC(=O)C=Cc1ccccc1)C2. The number of fused-ring (bicyclic) bond motifs is 2. The third-order valence-corrected chi connectivity index (χ3v) is 4.67. The molecular weight excluding hydrogens is 248 g/mol. The summed E-state index contributed by atoms with van der Waals surface area (Å²) in [5, 5.41) is 3.16. The smallest absolute Gasteiger partial charge is 0.244 e. The van der Waals surface area contributed by atoms with E-state index >= 15 is 0 Å². The van der Waals surface area contributed by atoms with Crippen LogP contribution in [0.2, 0.25) is 0 Å². The molecule has 2 atom stereocenters. The molecule has 0 spiro atoms. The molecule has 2 aliphatic heterocycles. The second-order valence-electron chi connectivity index (χ2n) is 5.97. The lowest BCUT2D eigenvalue weighted by atomic mass is 9.98. The maximum atomic E-state index is 12.0. The lowest BCUT2D eigenvalue weighted by molar-refractivity contribution is -0.117. The van der Waals surface area contributed by atoms with Crippen LogP contribution in [0.5, 0.6) is 0 Å². The Labute approximate surface area is 120 Å². The average molecular weight is 270 g/mol. The number of nitrogens with zero attached hydrogens (tertiary/aromatic N) is 1. The van der Waals surface area contributed by atoms with Crippen LogP contribution in [0.25, 0.3) is 6.08 Å². The topological polar surface area (TPSA) is 32.3 Å². The molecule has 0 aliphatic carbocycles. The Morgan fingerprint density at radius 2 is 1.85 bits per heavy atom. The highest BCUT2D eigenvalue weighted by atomic mass is 16.1. The molecule has 2 saturated heterocycles. The molecule has 2 fully saturated rings. The summed E-state index contributed by atoms with van der Waals surface area (Å²) in [6.07, 6.45) is 8.28. The second kappa shape index (κ2) is 5.80. The van der Waals surface area contributed by atoms with Gasteiger partial charge in [-0.05, 0) is 44.4 Å². The summed E-state index contributed by atoms with van der Waals surface area (Å²) in [6.45, 7) is 0. The lowest BCUT2D eigenvalue weighted by Gasteiger charge is -2.36. The molecule has 1 aromatic carbocycles. The highest BCUT2D eigenvalue weighted by Gasteiger charge is 2.38. The van der Waals surface area contributed by atoms with Crippen molar-refractivity contribution in [1.82, 2.24) is 10.2 Å². The molecule has 2 bridgehead atoms. The summed E-state index contributed by atoms with van der Waals surface area (Å²) in [5.74, 6) is 0.0304. The number of rotatable bonds is 3. The van der Waals surface area contributed by atoms with Crippen LogP contribution in [-0.4, -0.2) is 36.0 Å². The number of hydrogen-bond donors (Lipinski definition) is 1. The second-order valence-corrected chi connectivity index (χ2v) is 5.97. The van der Waals surface area contributed by atoms with Crippen molar-refractivity contribution in [2.45, 2.75) is 43.8 Å². The first-order valence-corrected chi connectivity index (χ1v) is 7.48. The zero-order chi connectivity index (χ0) is 13.9. The first kappa shape index (κ1) is 13.4. The van der Waals surface area contributed by atoms with Crippen LogP contribution < -0.4 is 5.32 Å². The fourth-order valence-corrected chi connectivity index (χ4v) is 3.51. The van der Waals surface area contributed by atoms with E-state index in [1.165, 1.54) is 12.8 Å². The number of piperidine rings is 1. The summed E-state index contributed by atoms with van der Waals surface area (Å²) in [6, 6.07) is 11.6. The Balaban J connectivity index is 1.54. The summed E-state index contributed by atoms with van der Waals surface area (Å²) in [5.41, 5.74) is 1.06. The Morgan fingerprint density at radius 1 is 1.20 bits per heavy atom. The standard InChI is InChI=1S/C17H22N2O/c1-19-15-8-9-16(19)12-14(11-15)18-17(20)10-7-13-5-3-2-4-6-13/h2-7,10,14-16H,8-9,11-12H2,1H3,(H,18,20). The van der Waals surface area contributed by atoms with Crippen LogP contribution in [0.1, 0.15) is 31.2 Å². The van der Waals surface area contributed by atoms with Gasteiger partial charge in [0, 0.05) is 24.2 Å². The minimum absolute atomic E-state index is 0.0304. The highest BCUT2D eigenvalue weighted by molar-refractivity contribution is 5.91. The van der Waals surface area contributed by atoms with E-state index in [1.807, 2.05) is 36.4 Å². The highest BCUT2D eigenvalue weighted by Crippen LogP contribution is 2.34.